The summed E-state index contributed by atoms with van der Waals surface area (Å²) in [6.07, 6.45) is 35.7. The highest BCUT2D eigenvalue weighted by molar-refractivity contribution is 7.85. The highest BCUT2D eigenvalue weighted by Crippen LogP contribution is 2.17. The van der Waals surface area contributed by atoms with Gasteiger partial charge in [-0.25, -0.2) is 0 Å². The first-order chi connectivity index (χ1) is 22.7. The summed E-state index contributed by atoms with van der Waals surface area (Å²) in [6, 6.07) is -1.14. The Kier molecular flexibility index (Phi) is 33.3. The Bertz CT molecular complexity index is 777. The van der Waals surface area contributed by atoms with Gasteiger partial charge in [0.25, 0.3) is 10.1 Å². The lowest BCUT2D eigenvalue weighted by atomic mass is 10.0. The van der Waals surface area contributed by atoms with Gasteiger partial charge in [-0.2, -0.15) is 8.42 Å². The van der Waals surface area contributed by atoms with E-state index >= 15 is 0 Å². The number of hydrogen-bond acceptors (Lipinski definition) is 5. The number of carbonyl (C=O) groups excluding carboxylic acids is 1. The molecule has 4 N–H and O–H groups in total. The van der Waals surface area contributed by atoms with E-state index in [1.807, 2.05) is 0 Å². The van der Waals surface area contributed by atoms with E-state index in [9.17, 15) is 28.0 Å². The Morgan fingerprint density at radius 3 is 1.06 bits per heavy atom. The van der Waals surface area contributed by atoms with Gasteiger partial charge in [-0.15, -0.1) is 0 Å². The average Bonchev–Trinajstić information content (AvgIpc) is 3.03. The molecule has 3 unspecified atom stereocenters. The molecule has 0 aliphatic carbocycles. The Morgan fingerprint density at radius 2 is 0.766 bits per heavy atom. The van der Waals surface area contributed by atoms with Crippen LogP contribution in [0.2, 0.25) is 0 Å². The summed E-state index contributed by atoms with van der Waals surface area (Å²) in [5, 5.41) is 23.4. The molecule has 7 nitrogen and oxygen atoms in total. The SMILES string of the molecule is CCCCCCCCCCCCCCCCCCCCCCCC(O)C(=O)NC(CS(=O)(=O)O)C(O)CCCCCCCCCCC. The van der Waals surface area contributed by atoms with Crippen LogP contribution >= 0.6 is 0 Å². The summed E-state index contributed by atoms with van der Waals surface area (Å²) in [6.45, 7) is 4.48. The molecule has 3 atom stereocenters. The second-order valence-corrected chi connectivity index (χ2v) is 15.9. The molecule has 0 rings (SSSR count). The number of carbonyl (C=O) groups is 1. The van der Waals surface area contributed by atoms with Crippen molar-refractivity contribution in [2.75, 3.05) is 5.75 Å². The van der Waals surface area contributed by atoms with E-state index < -0.39 is 40.0 Å². The normalized spacial score (nSPS) is 13.9. The van der Waals surface area contributed by atoms with Crippen molar-refractivity contribution in [3.05, 3.63) is 0 Å². The van der Waals surface area contributed by atoms with Crippen LogP contribution in [0.3, 0.4) is 0 Å². The molecule has 0 spiro atoms. The van der Waals surface area contributed by atoms with Gasteiger partial charge in [0, 0.05) is 0 Å². The van der Waals surface area contributed by atoms with Crippen LogP contribution in [0.4, 0.5) is 0 Å². The van der Waals surface area contributed by atoms with Crippen LogP contribution in [0.1, 0.15) is 219 Å². The van der Waals surface area contributed by atoms with Crippen molar-refractivity contribution in [1.82, 2.24) is 5.32 Å². The molecule has 8 heteroatoms. The molecule has 0 aromatic rings. The molecule has 0 aromatic carbocycles. The Labute approximate surface area is 292 Å². The van der Waals surface area contributed by atoms with Crippen LogP contribution in [0.15, 0.2) is 0 Å². The largest absolute Gasteiger partial charge is 0.391 e. The number of amides is 1. The molecule has 0 heterocycles. The van der Waals surface area contributed by atoms with Crippen molar-refractivity contribution in [3.8, 4) is 0 Å². The molecule has 282 valence electrons. The van der Waals surface area contributed by atoms with Crippen molar-refractivity contribution in [2.24, 2.45) is 0 Å². The van der Waals surface area contributed by atoms with Crippen molar-refractivity contribution < 1.29 is 28.0 Å². The van der Waals surface area contributed by atoms with E-state index in [1.54, 1.807) is 0 Å². The van der Waals surface area contributed by atoms with Crippen LogP contribution in [-0.2, 0) is 14.9 Å². The number of unbranched alkanes of at least 4 members (excludes halogenated alkanes) is 28. The van der Waals surface area contributed by atoms with E-state index in [-0.39, 0.29) is 0 Å². The fourth-order valence-corrected chi connectivity index (χ4v) is 7.28. The lowest BCUT2D eigenvalue weighted by molar-refractivity contribution is -0.131. The molecule has 0 saturated carbocycles. The number of hydrogen-bond donors (Lipinski definition) is 4. The molecular weight excluding hydrogens is 610 g/mol. The van der Waals surface area contributed by atoms with Gasteiger partial charge in [0.2, 0.25) is 5.91 Å². The Hall–Kier alpha value is -0.700. The maximum atomic E-state index is 12.6. The van der Waals surface area contributed by atoms with Crippen molar-refractivity contribution in [2.45, 2.75) is 238 Å². The zero-order valence-corrected chi connectivity index (χ0v) is 31.9. The molecule has 0 aliphatic rings. The maximum absolute atomic E-state index is 12.6. The molecule has 0 aliphatic heterocycles. The summed E-state index contributed by atoms with van der Waals surface area (Å²) >= 11 is 0. The molecular formula is C39H79NO6S. The minimum Gasteiger partial charge on any atom is -0.391 e. The van der Waals surface area contributed by atoms with Gasteiger partial charge in [0.1, 0.15) is 6.10 Å². The van der Waals surface area contributed by atoms with Gasteiger partial charge in [-0.1, -0.05) is 206 Å². The zero-order chi connectivity index (χ0) is 34.9. The van der Waals surface area contributed by atoms with E-state index in [1.165, 1.54) is 148 Å². The van der Waals surface area contributed by atoms with Crippen LogP contribution in [0, 0.1) is 0 Å². The van der Waals surface area contributed by atoms with Gasteiger partial charge in [-0.3, -0.25) is 9.35 Å². The monoisotopic (exact) mass is 690 g/mol. The lowest BCUT2D eigenvalue weighted by Gasteiger charge is -2.24. The highest BCUT2D eigenvalue weighted by atomic mass is 32.2. The summed E-state index contributed by atoms with van der Waals surface area (Å²) in [7, 11) is -4.39. The number of nitrogens with one attached hydrogen (secondary N) is 1. The predicted octanol–water partition coefficient (Wildman–Crippen LogP) is 10.6. The van der Waals surface area contributed by atoms with E-state index in [0.29, 0.717) is 12.8 Å². The van der Waals surface area contributed by atoms with Crippen LogP contribution in [-0.4, -0.2) is 53.1 Å². The van der Waals surface area contributed by atoms with Crippen molar-refractivity contribution >= 4 is 16.0 Å². The third kappa shape index (κ3) is 33.6. The van der Waals surface area contributed by atoms with E-state index in [0.717, 1.165) is 44.9 Å². The maximum Gasteiger partial charge on any atom is 0.266 e. The van der Waals surface area contributed by atoms with Crippen LogP contribution in [0.25, 0.3) is 0 Å². The fourth-order valence-electron chi connectivity index (χ4n) is 6.52. The summed E-state index contributed by atoms with van der Waals surface area (Å²) in [4.78, 5) is 12.6. The number of aliphatic hydroxyl groups is 2. The first-order valence-corrected chi connectivity index (χ1v) is 21.9. The highest BCUT2D eigenvalue weighted by Gasteiger charge is 2.28. The zero-order valence-electron chi connectivity index (χ0n) is 31.0. The second kappa shape index (κ2) is 33.8. The minimum absolute atomic E-state index is 0.303. The standard InChI is InChI=1S/C39H79NO6S/c1-3-5-7-9-11-13-14-15-16-17-18-19-20-21-22-23-24-26-28-30-32-34-38(42)39(43)40-36(35-47(44,45)46)37(41)33-31-29-27-25-12-10-8-6-4-2/h36-38,41-42H,3-35H2,1-2H3,(H,40,43)(H,44,45,46). The third-order valence-electron chi connectivity index (χ3n) is 9.67. The first-order valence-electron chi connectivity index (χ1n) is 20.3. The van der Waals surface area contributed by atoms with E-state index in [2.05, 4.69) is 19.2 Å². The smallest absolute Gasteiger partial charge is 0.266 e. The average molecular weight is 690 g/mol. The van der Waals surface area contributed by atoms with Crippen LogP contribution in [0.5, 0.6) is 0 Å². The first kappa shape index (κ1) is 46.3. The fraction of sp³-hybridized carbons (Fsp3) is 0.974. The van der Waals surface area contributed by atoms with Crippen LogP contribution < -0.4 is 5.32 Å². The molecule has 47 heavy (non-hydrogen) atoms. The number of rotatable bonds is 37. The molecule has 0 bridgehead atoms. The molecule has 0 fully saturated rings. The van der Waals surface area contributed by atoms with Crippen molar-refractivity contribution in [1.29, 1.82) is 0 Å². The number of aliphatic hydroxyl groups excluding tert-OH is 2. The van der Waals surface area contributed by atoms with E-state index in [4.69, 9.17) is 0 Å². The Balaban J connectivity index is 3.83. The van der Waals surface area contributed by atoms with Gasteiger partial charge >= 0.3 is 0 Å². The van der Waals surface area contributed by atoms with Gasteiger partial charge in [-0.05, 0) is 12.8 Å². The molecule has 0 radical (unpaired) electrons. The predicted molar refractivity (Wildman–Crippen MR) is 199 cm³/mol. The van der Waals surface area contributed by atoms with Gasteiger partial charge < -0.3 is 15.5 Å². The van der Waals surface area contributed by atoms with Gasteiger partial charge in [0.15, 0.2) is 0 Å². The summed E-state index contributed by atoms with van der Waals surface area (Å²) < 4.78 is 32.4. The lowest BCUT2D eigenvalue weighted by Crippen LogP contribution is -2.50. The molecule has 1 amide bonds. The second-order valence-electron chi connectivity index (χ2n) is 14.4. The third-order valence-corrected chi connectivity index (χ3v) is 10.4. The topological polar surface area (TPSA) is 124 Å². The molecule has 0 saturated heterocycles. The summed E-state index contributed by atoms with van der Waals surface area (Å²) in [5.74, 6) is -1.44. The quantitative estimate of drug-likeness (QED) is 0.0380. The minimum atomic E-state index is -4.39. The molecule has 0 aromatic heterocycles. The Morgan fingerprint density at radius 1 is 0.489 bits per heavy atom. The van der Waals surface area contributed by atoms with Gasteiger partial charge in [0.05, 0.1) is 17.9 Å². The summed E-state index contributed by atoms with van der Waals surface area (Å²) in [5.41, 5.74) is 0. The van der Waals surface area contributed by atoms with Crippen molar-refractivity contribution in [3.63, 3.8) is 0 Å².